The zero-order valence-corrected chi connectivity index (χ0v) is 21.2. The van der Waals surface area contributed by atoms with Gasteiger partial charge in [0.2, 0.25) is 5.91 Å². The highest BCUT2D eigenvalue weighted by atomic mass is 32.2. The largest absolute Gasteiger partial charge is 0.494 e. The Labute approximate surface area is 208 Å². The molecule has 0 radical (unpaired) electrons. The van der Waals surface area contributed by atoms with Gasteiger partial charge < -0.3 is 14.6 Å². The number of nitriles is 1. The second kappa shape index (κ2) is 11.5. The summed E-state index contributed by atoms with van der Waals surface area (Å²) in [6.45, 7) is 5.58. The number of amides is 1. The molecule has 3 aromatic rings. The van der Waals surface area contributed by atoms with Gasteiger partial charge in [-0.3, -0.25) is 4.79 Å². The van der Waals surface area contributed by atoms with E-state index in [4.69, 9.17) is 4.74 Å². The summed E-state index contributed by atoms with van der Waals surface area (Å²) in [5, 5.41) is 22.6. The van der Waals surface area contributed by atoms with Gasteiger partial charge in [-0.1, -0.05) is 25.1 Å². The van der Waals surface area contributed by atoms with Gasteiger partial charge in [-0.15, -0.1) is 21.5 Å². The predicted octanol–water partition coefficient (Wildman–Crippen LogP) is 5.69. The molecule has 2 heterocycles. The summed E-state index contributed by atoms with van der Waals surface area (Å²) in [6.07, 6.45) is 6.30. The number of aryl methyl sites for hydroxylation is 1. The van der Waals surface area contributed by atoms with Crippen LogP contribution >= 0.6 is 23.1 Å². The van der Waals surface area contributed by atoms with Crippen LogP contribution in [0.25, 0.3) is 11.4 Å². The minimum absolute atomic E-state index is 0.138. The van der Waals surface area contributed by atoms with Crippen LogP contribution in [-0.2, 0) is 24.2 Å². The number of carbonyl (C=O) groups excluding carboxylic acids is 1. The smallest absolute Gasteiger partial charge is 0.235 e. The number of rotatable bonds is 10. The van der Waals surface area contributed by atoms with Gasteiger partial charge in [-0.25, -0.2) is 0 Å². The second-order valence-corrected chi connectivity index (χ2v) is 10.2. The van der Waals surface area contributed by atoms with Crippen molar-refractivity contribution >= 4 is 34.0 Å². The molecule has 0 saturated carbocycles. The van der Waals surface area contributed by atoms with Crippen LogP contribution in [-0.4, -0.2) is 33.0 Å². The molecule has 0 bridgehead atoms. The molecule has 34 heavy (non-hydrogen) atoms. The van der Waals surface area contributed by atoms with Gasteiger partial charge in [0.05, 0.1) is 17.9 Å². The minimum atomic E-state index is -0.138. The summed E-state index contributed by atoms with van der Waals surface area (Å²) in [5.41, 5.74) is 2.72. The van der Waals surface area contributed by atoms with E-state index in [0.717, 1.165) is 61.2 Å². The van der Waals surface area contributed by atoms with Gasteiger partial charge in [0.1, 0.15) is 16.8 Å². The summed E-state index contributed by atoms with van der Waals surface area (Å²) >= 11 is 2.90. The Balaban J connectivity index is 1.40. The molecule has 0 unspecified atom stereocenters. The highest BCUT2D eigenvalue weighted by Crippen LogP contribution is 2.37. The van der Waals surface area contributed by atoms with Crippen LogP contribution in [0.1, 0.15) is 55.5 Å². The summed E-state index contributed by atoms with van der Waals surface area (Å²) in [5.74, 6) is 1.68. The summed E-state index contributed by atoms with van der Waals surface area (Å²) in [6, 6.07) is 10.2. The van der Waals surface area contributed by atoms with Gasteiger partial charge >= 0.3 is 0 Å². The first-order valence-electron chi connectivity index (χ1n) is 11.8. The number of nitrogens with zero attached hydrogens (tertiary/aromatic N) is 4. The van der Waals surface area contributed by atoms with Gasteiger partial charge in [0.15, 0.2) is 11.0 Å². The van der Waals surface area contributed by atoms with Crippen LogP contribution in [0.2, 0.25) is 0 Å². The fourth-order valence-electron chi connectivity index (χ4n) is 3.99. The number of ether oxygens (including phenoxy) is 1. The first-order valence-corrected chi connectivity index (χ1v) is 13.6. The average Bonchev–Trinajstić information content (AvgIpc) is 3.43. The van der Waals surface area contributed by atoms with Crippen LogP contribution in [0.3, 0.4) is 0 Å². The maximum atomic E-state index is 12.7. The second-order valence-electron chi connectivity index (χ2n) is 8.14. The van der Waals surface area contributed by atoms with E-state index in [-0.39, 0.29) is 11.7 Å². The molecule has 1 aliphatic carbocycles. The Bertz CT molecular complexity index is 1180. The maximum Gasteiger partial charge on any atom is 0.235 e. The molecule has 178 valence electrons. The van der Waals surface area contributed by atoms with E-state index in [9.17, 15) is 10.1 Å². The third kappa shape index (κ3) is 5.45. The Morgan fingerprint density at radius 1 is 1.24 bits per heavy atom. The van der Waals surface area contributed by atoms with E-state index in [2.05, 4.69) is 28.5 Å². The first kappa shape index (κ1) is 24.3. The van der Waals surface area contributed by atoms with Gasteiger partial charge in [0, 0.05) is 17.0 Å². The molecule has 0 saturated heterocycles. The normalized spacial score (nSPS) is 12.7. The van der Waals surface area contributed by atoms with Crippen molar-refractivity contribution in [2.75, 3.05) is 17.7 Å². The standard InChI is InChI=1S/C25H29N5O2S2/c1-3-5-14-32-18-12-10-17(11-13-18)23-28-29-25(30(23)4-2)33-16-22(31)27-24-20(15-26)19-8-6-7-9-21(19)34-24/h10-13H,3-9,14,16H2,1-2H3,(H,27,31). The van der Waals surface area contributed by atoms with E-state index in [0.29, 0.717) is 28.9 Å². The molecule has 1 aliphatic rings. The van der Waals surface area contributed by atoms with Crippen LogP contribution < -0.4 is 10.1 Å². The topological polar surface area (TPSA) is 92.8 Å². The number of anilines is 1. The van der Waals surface area contributed by atoms with Crippen molar-refractivity contribution in [1.29, 1.82) is 5.26 Å². The SMILES string of the molecule is CCCCOc1ccc(-c2nnc(SCC(=O)Nc3sc4c(c3C#N)CCCC4)n2CC)cc1. The number of hydrogen-bond donors (Lipinski definition) is 1. The number of carbonyl (C=O) groups is 1. The highest BCUT2D eigenvalue weighted by Gasteiger charge is 2.22. The third-order valence-corrected chi connectivity index (χ3v) is 7.95. The van der Waals surface area contributed by atoms with Gasteiger partial charge in [-0.05, 0) is 68.9 Å². The average molecular weight is 496 g/mol. The quantitative estimate of drug-likeness (QED) is 0.287. The zero-order valence-electron chi connectivity index (χ0n) is 19.6. The molecule has 1 aromatic carbocycles. The number of hydrogen-bond acceptors (Lipinski definition) is 7. The molecule has 7 nitrogen and oxygen atoms in total. The van der Waals surface area contributed by atoms with Crippen LogP contribution in [0.15, 0.2) is 29.4 Å². The summed E-state index contributed by atoms with van der Waals surface area (Å²) in [4.78, 5) is 13.9. The molecular weight excluding hydrogens is 466 g/mol. The number of aromatic nitrogens is 3. The first-order chi connectivity index (χ1) is 16.6. The highest BCUT2D eigenvalue weighted by molar-refractivity contribution is 7.99. The van der Waals surface area contributed by atoms with E-state index in [1.807, 2.05) is 35.8 Å². The number of fused-ring (bicyclic) bond motifs is 1. The van der Waals surface area contributed by atoms with Crippen molar-refractivity contribution in [2.24, 2.45) is 0 Å². The maximum absolute atomic E-state index is 12.7. The number of thioether (sulfide) groups is 1. The Morgan fingerprint density at radius 2 is 2.03 bits per heavy atom. The molecule has 4 rings (SSSR count). The Hall–Kier alpha value is -2.83. The van der Waals surface area contributed by atoms with E-state index < -0.39 is 0 Å². The third-order valence-electron chi connectivity index (χ3n) is 5.78. The van der Waals surface area contributed by atoms with E-state index in [1.54, 1.807) is 11.3 Å². The molecule has 0 fully saturated rings. The van der Waals surface area contributed by atoms with Crippen molar-refractivity contribution < 1.29 is 9.53 Å². The minimum Gasteiger partial charge on any atom is -0.494 e. The molecule has 9 heteroatoms. The lowest BCUT2D eigenvalue weighted by Gasteiger charge is -2.09. The number of thiophene rings is 1. The lowest BCUT2D eigenvalue weighted by molar-refractivity contribution is -0.113. The van der Waals surface area contributed by atoms with Gasteiger partial charge in [0.25, 0.3) is 0 Å². The van der Waals surface area contributed by atoms with Crippen LogP contribution in [0, 0.1) is 11.3 Å². The molecule has 1 N–H and O–H groups in total. The fourth-order valence-corrected chi connectivity index (χ4v) is 6.05. The molecule has 0 aliphatic heterocycles. The monoisotopic (exact) mass is 495 g/mol. The summed E-state index contributed by atoms with van der Waals surface area (Å²) < 4.78 is 7.75. The predicted molar refractivity (Wildman–Crippen MR) is 137 cm³/mol. The lowest BCUT2D eigenvalue weighted by atomic mass is 9.96. The van der Waals surface area contributed by atoms with Crippen molar-refractivity contribution in [1.82, 2.24) is 14.8 Å². The number of nitrogens with one attached hydrogen (secondary N) is 1. The van der Waals surface area contributed by atoms with E-state index in [1.165, 1.54) is 16.6 Å². The van der Waals surface area contributed by atoms with Crippen molar-refractivity contribution in [3.63, 3.8) is 0 Å². The Morgan fingerprint density at radius 3 is 2.76 bits per heavy atom. The molecule has 0 spiro atoms. The lowest BCUT2D eigenvalue weighted by Crippen LogP contribution is -2.14. The Kier molecular flexibility index (Phi) is 8.25. The number of unbranched alkanes of at least 4 members (excludes halogenated alkanes) is 1. The molecular formula is C25H29N5O2S2. The van der Waals surface area contributed by atoms with Crippen LogP contribution in [0.5, 0.6) is 5.75 Å². The van der Waals surface area contributed by atoms with Crippen LogP contribution in [0.4, 0.5) is 5.00 Å². The molecule has 1 amide bonds. The molecule has 0 atom stereocenters. The van der Waals surface area contributed by atoms with Crippen molar-refractivity contribution in [2.45, 2.75) is 64.1 Å². The van der Waals surface area contributed by atoms with Gasteiger partial charge in [-0.2, -0.15) is 5.26 Å². The van der Waals surface area contributed by atoms with Crippen molar-refractivity contribution in [3.8, 4) is 23.2 Å². The molecule has 2 aromatic heterocycles. The zero-order chi connectivity index (χ0) is 23.9. The number of benzene rings is 1. The fraction of sp³-hybridized carbons (Fsp3) is 0.440. The van der Waals surface area contributed by atoms with Crippen molar-refractivity contribution in [3.05, 3.63) is 40.3 Å². The van der Waals surface area contributed by atoms with E-state index >= 15 is 0 Å². The summed E-state index contributed by atoms with van der Waals surface area (Å²) in [7, 11) is 0.